The first-order valence-electron chi connectivity index (χ1n) is 16.6. The second-order valence-corrected chi connectivity index (χ2v) is 13.5. The van der Waals surface area contributed by atoms with E-state index in [1.54, 1.807) is 6.20 Å². The third-order valence-corrected chi connectivity index (χ3v) is 10.6. The molecule has 0 fully saturated rings. The van der Waals surface area contributed by atoms with Gasteiger partial charge in [-0.3, -0.25) is 4.98 Å². The Bertz CT molecular complexity index is 2860. The molecule has 0 saturated heterocycles. The number of benzene rings is 6. The Labute approximate surface area is 292 Å². The predicted octanol–water partition coefficient (Wildman–Crippen LogP) is 12.5. The second-order valence-electron chi connectivity index (χ2n) is 12.4. The van der Waals surface area contributed by atoms with E-state index in [9.17, 15) is 0 Å². The number of aromatic nitrogens is 3. The van der Waals surface area contributed by atoms with Gasteiger partial charge in [-0.1, -0.05) is 109 Å². The summed E-state index contributed by atoms with van der Waals surface area (Å²) in [6, 6.07) is 52.8. The molecule has 0 aliphatic rings. The molecule has 10 aromatic rings. The van der Waals surface area contributed by atoms with Gasteiger partial charge in [0.1, 0.15) is 11.2 Å². The molecule has 0 atom stereocenters. The molecular weight excluding hydrogens is 631 g/mol. The smallest absolute Gasteiger partial charge is 0.161 e. The lowest BCUT2D eigenvalue weighted by atomic mass is 9.97. The van der Waals surface area contributed by atoms with Gasteiger partial charge in [-0.05, 0) is 59.2 Å². The highest BCUT2D eigenvalue weighted by Crippen LogP contribution is 2.43. The molecule has 0 aliphatic heterocycles. The Morgan fingerprint density at radius 2 is 1.12 bits per heavy atom. The van der Waals surface area contributed by atoms with Crippen molar-refractivity contribution >= 4 is 53.4 Å². The zero-order valence-corrected chi connectivity index (χ0v) is 27.6. The first kappa shape index (κ1) is 28.6. The molecule has 4 heterocycles. The Morgan fingerprint density at radius 3 is 1.94 bits per heavy atom. The zero-order valence-electron chi connectivity index (χ0n) is 26.7. The minimum atomic E-state index is 0.653. The molecule has 0 spiro atoms. The summed E-state index contributed by atoms with van der Waals surface area (Å²) in [5, 5.41) is 4.62. The maximum Gasteiger partial charge on any atom is 0.161 e. The van der Waals surface area contributed by atoms with Crippen molar-refractivity contribution in [2.75, 3.05) is 0 Å². The summed E-state index contributed by atoms with van der Waals surface area (Å²) in [4.78, 5) is 14.7. The molecule has 6 aromatic carbocycles. The third kappa shape index (κ3) is 4.79. The molecule has 0 unspecified atom stereocenters. The summed E-state index contributed by atoms with van der Waals surface area (Å²) in [6.07, 6.45) is 3.68. The normalized spacial score (nSPS) is 11.6. The zero-order chi connectivity index (χ0) is 33.0. The van der Waals surface area contributed by atoms with Crippen molar-refractivity contribution in [1.29, 1.82) is 0 Å². The maximum absolute atomic E-state index is 6.70. The van der Waals surface area contributed by atoms with Gasteiger partial charge in [-0.25, -0.2) is 9.97 Å². The third-order valence-electron chi connectivity index (χ3n) is 9.43. The van der Waals surface area contributed by atoms with Crippen LogP contribution in [0.2, 0.25) is 0 Å². The summed E-state index contributed by atoms with van der Waals surface area (Å²) in [7, 11) is 0. The number of fused-ring (bicyclic) bond motifs is 6. The lowest BCUT2D eigenvalue weighted by molar-refractivity contribution is 0.670. The number of thiophene rings is 1. The molecule has 0 saturated carbocycles. The molecule has 0 radical (unpaired) electrons. The van der Waals surface area contributed by atoms with E-state index in [2.05, 4.69) is 120 Å². The van der Waals surface area contributed by atoms with Gasteiger partial charge in [-0.2, -0.15) is 0 Å². The molecule has 50 heavy (non-hydrogen) atoms. The molecular formula is C45H27N3OS. The first-order chi connectivity index (χ1) is 24.8. The van der Waals surface area contributed by atoms with E-state index in [4.69, 9.17) is 14.4 Å². The fourth-order valence-corrected chi connectivity index (χ4v) is 8.12. The van der Waals surface area contributed by atoms with Crippen molar-refractivity contribution in [2.45, 2.75) is 0 Å². The van der Waals surface area contributed by atoms with Crippen molar-refractivity contribution in [2.24, 2.45) is 0 Å². The quantitative estimate of drug-likeness (QED) is 0.185. The topological polar surface area (TPSA) is 51.8 Å². The molecule has 5 heteroatoms. The SMILES string of the molecule is c1ccc(-c2cc(-c3ccc(-c4cccnc4)cc3)nc(-c3ccc(-c4ccc5c(c4)sc4ccccc45)c4oc5ccccc5c34)n2)cc1. The van der Waals surface area contributed by atoms with Crippen LogP contribution in [-0.4, -0.2) is 15.0 Å². The largest absolute Gasteiger partial charge is 0.455 e. The summed E-state index contributed by atoms with van der Waals surface area (Å²) >= 11 is 1.83. The van der Waals surface area contributed by atoms with E-state index in [-0.39, 0.29) is 0 Å². The van der Waals surface area contributed by atoms with Crippen molar-refractivity contribution in [3.05, 3.63) is 164 Å². The average molecular weight is 658 g/mol. The minimum absolute atomic E-state index is 0.653. The second kappa shape index (κ2) is 11.6. The molecule has 0 amide bonds. The van der Waals surface area contributed by atoms with Crippen molar-refractivity contribution < 1.29 is 4.42 Å². The highest BCUT2D eigenvalue weighted by Gasteiger charge is 2.20. The monoisotopic (exact) mass is 657 g/mol. The number of para-hydroxylation sites is 1. The van der Waals surface area contributed by atoms with E-state index in [1.807, 2.05) is 53.9 Å². The molecule has 4 nitrogen and oxygen atoms in total. The van der Waals surface area contributed by atoms with Crippen LogP contribution in [0.5, 0.6) is 0 Å². The Morgan fingerprint density at radius 1 is 0.460 bits per heavy atom. The van der Waals surface area contributed by atoms with Gasteiger partial charge in [0.05, 0.1) is 11.4 Å². The van der Waals surface area contributed by atoms with E-state index in [0.717, 1.165) is 72.3 Å². The van der Waals surface area contributed by atoms with Crippen LogP contribution in [0.3, 0.4) is 0 Å². The average Bonchev–Trinajstić information content (AvgIpc) is 3.77. The number of hydrogen-bond acceptors (Lipinski definition) is 5. The number of nitrogens with zero attached hydrogens (tertiary/aromatic N) is 3. The van der Waals surface area contributed by atoms with Crippen molar-refractivity contribution in [1.82, 2.24) is 15.0 Å². The van der Waals surface area contributed by atoms with Crippen LogP contribution < -0.4 is 0 Å². The lowest BCUT2D eigenvalue weighted by Crippen LogP contribution is -1.97. The van der Waals surface area contributed by atoms with Crippen LogP contribution in [0.25, 0.3) is 98.3 Å². The number of pyridine rings is 1. The lowest BCUT2D eigenvalue weighted by Gasteiger charge is -2.12. The van der Waals surface area contributed by atoms with Gasteiger partial charge in [0.25, 0.3) is 0 Å². The van der Waals surface area contributed by atoms with Gasteiger partial charge in [0.15, 0.2) is 5.82 Å². The molecule has 0 bridgehead atoms. The van der Waals surface area contributed by atoms with E-state index < -0.39 is 0 Å². The fraction of sp³-hybridized carbons (Fsp3) is 0. The number of furan rings is 1. The van der Waals surface area contributed by atoms with Crippen LogP contribution >= 0.6 is 11.3 Å². The van der Waals surface area contributed by atoms with Gasteiger partial charge >= 0.3 is 0 Å². The van der Waals surface area contributed by atoms with Gasteiger partial charge < -0.3 is 4.42 Å². The van der Waals surface area contributed by atoms with Gasteiger partial charge in [0.2, 0.25) is 0 Å². The highest BCUT2D eigenvalue weighted by atomic mass is 32.1. The minimum Gasteiger partial charge on any atom is -0.455 e. The van der Waals surface area contributed by atoms with Gasteiger partial charge in [0, 0.05) is 65.6 Å². The highest BCUT2D eigenvalue weighted by molar-refractivity contribution is 7.25. The van der Waals surface area contributed by atoms with Crippen LogP contribution in [0.15, 0.2) is 168 Å². The summed E-state index contributed by atoms with van der Waals surface area (Å²) in [5.41, 5.74) is 10.7. The fourth-order valence-electron chi connectivity index (χ4n) is 6.97. The van der Waals surface area contributed by atoms with Crippen molar-refractivity contribution in [3.8, 4) is 56.2 Å². The summed E-state index contributed by atoms with van der Waals surface area (Å²) < 4.78 is 9.25. The molecule has 0 N–H and O–H groups in total. The molecule has 234 valence electrons. The Kier molecular flexibility index (Phi) is 6.64. The van der Waals surface area contributed by atoms with E-state index >= 15 is 0 Å². The first-order valence-corrected chi connectivity index (χ1v) is 17.4. The number of rotatable bonds is 5. The van der Waals surface area contributed by atoms with Crippen LogP contribution in [-0.2, 0) is 0 Å². The van der Waals surface area contributed by atoms with Crippen LogP contribution in [0.1, 0.15) is 0 Å². The van der Waals surface area contributed by atoms with Crippen LogP contribution in [0.4, 0.5) is 0 Å². The van der Waals surface area contributed by atoms with Crippen molar-refractivity contribution in [3.63, 3.8) is 0 Å². The summed E-state index contributed by atoms with van der Waals surface area (Å²) in [5.74, 6) is 0.653. The molecule has 4 aromatic heterocycles. The summed E-state index contributed by atoms with van der Waals surface area (Å²) in [6.45, 7) is 0. The Balaban J connectivity index is 1.17. The predicted molar refractivity (Wildman–Crippen MR) is 207 cm³/mol. The van der Waals surface area contributed by atoms with Crippen LogP contribution in [0, 0.1) is 0 Å². The molecule has 10 rings (SSSR count). The number of hydrogen-bond donors (Lipinski definition) is 0. The molecule has 0 aliphatic carbocycles. The van der Waals surface area contributed by atoms with E-state index in [1.165, 1.54) is 20.2 Å². The van der Waals surface area contributed by atoms with Gasteiger partial charge in [-0.15, -0.1) is 11.3 Å². The maximum atomic E-state index is 6.70. The Hall–Kier alpha value is -6.43. The standard InChI is InChI=1S/C45H27N3OS/c1-2-9-29(10-3-1)38-26-39(30-18-16-28(17-19-30)32-11-8-24-46-27-32)48-45(47-38)37-23-22-33(44-43(37)36-13-4-6-14-40(36)49-44)31-20-21-35-34-12-5-7-15-41(34)50-42(35)25-31/h1-27H. The van der Waals surface area contributed by atoms with E-state index in [0.29, 0.717) is 5.82 Å².